The molecule has 2 heterocycles. The molecule has 9 nitrogen and oxygen atoms in total. The summed E-state index contributed by atoms with van der Waals surface area (Å²) in [6.07, 6.45) is 1.67. The molecule has 0 unspecified atom stereocenters. The first-order valence-corrected chi connectivity index (χ1v) is 12.8. The number of rotatable bonds is 8. The molecular formula is C31H30N4O5. The average Bonchev–Trinajstić information content (AvgIpc) is 3.41. The van der Waals surface area contributed by atoms with Crippen molar-refractivity contribution in [2.45, 2.75) is 32.9 Å². The standard InChI is InChI=1S/C31H30N4O5/c1-19-26(30(36)38-3)29(27(20(2)33-19)31(37)39-4)28-24-13-9-8-12-22(24)14-15-25(28)40-18-23-16-32-34-35(23)17-21-10-6-5-7-11-21/h5-16,29,33H,17-18H2,1-4H3. The molecule has 0 atom stereocenters. The van der Waals surface area contributed by atoms with E-state index in [1.54, 1.807) is 24.7 Å². The predicted octanol–water partition coefficient (Wildman–Crippen LogP) is 4.64. The van der Waals surface area contributed by atoms with Gasteiger partial charge in [-0.05, 0) is 36.2 Å². The highest BCUT2D eigenvalue weighted by atomic mass is 16.5. The van der Waals surface area contributed by atoms with Gasteiger partial charge in [-0.25, -0.2) is 14.3 Å². The van der Waals surface area contributed by atoms with E-state index < -0.39 is 17.9 Å². The second-order valence-electron chi connectivity index (χ2n) is 9.47. The molecule has 0 amide bonds. The van der Waals surface area contributed by atoms with Crippen LogP contribution in [-0.2, 0) is 32.2 Å². The van der Waals surface area contributed by atoms with Crippen LogP contribution in [0.5, 0.6) is 5.75 Å². The van der Waals surface area contributed by atoms with Crippen molar-refractivity contribution in [3.05, 3.63) is 112 Å². The van der Waals surface area contributed by atoms with Gasteiger partial charge in [-0.2, -0.15) is 0 Å². The van der Waals surface area contributed by atoms with Gasteiger partial charge in [-0.3, -0.25) is 0 Å². The number of dihydropyridines is 1. The zero-order chi connectivity index (χ0) is 28.2. The van der Waals surface area contributed by atoms with Crippen LogP contribution >= 0.6 is 0 Å². The van der Waals surface area contributed by atoms with E-state index in [0.717, 1.165) is 22.0 Å². The number of allylic oxidation sites excluding steroid dienone is 2. The van der Waals surface area contributed by atoms with Gasteiger partial charge in [0.15, 0.2) is 0 Å². The van der Waals surface area contributed by atoms with Crippen molar-refractivity contribution >= 4 is 22.7 Å². The van der Waals surface area contributed by atoms with Crippen molar-refractivity contribution in [1.29, 1.82) is 0 Å². The van der Waals surface area contributed by atoms with Crippen molar-refractivity contribution in [3.8, 4) is 5.75 Å². The zero-order valence-corrected chi connectivity index (χ0v) is 22.8. The van der Waals surface area contributed by atoms with Gasteiger partial charge in [0.2, 0.25) is 0 Å². The SMILES string of the molecule is COC(=O)C1=C(C)NC(C)=C(C(=O)OC)C1c1c(OCc2cnnn2Cc2ccccc2)ccc2ccccc12. The van der Waals surface area contributed by atoms with Crippen LogP contribution in [0.4, 0.5) is 0 Å². The number of methoxy groups -OCH3 is 2. The minimum absolute atomic E-state index is 0.169. The Balaban J connectivity index is 1.62. The Morgan fingerprint density at radius 3 is 2.20 bits per heavy atom. The van der Waals surface area contributed by atoms with Crippen molar-refractivity contribution in [1.82, 2.24) is 20.3 Å². The summed E-state index contributed by atoms with van der Waals surface area (Å²) in [5.41, 5.74) is 4.32. The Labute approximate surface area is 232 Å². The Bertz CT molecular complexity index is 1600. The van der Waals surface area contributed by atoms with Crippen molar-refractivity contribution in [3.63, 3.8) is 0 Å². The Hall–Kier alpha value is -4.92. The molecule has 0 bridgehead atoms. The fraction of sp³-hybridized carbons (Fsp3) is 0.226. The van der Waals surface area contributed by atoms with Crippen molar-refractivity contribution in [2.24, 2.45) is 0 Å². The second kappa shape index (κ2) is 11.4. The number of carbonyl (C=O) groups excluding carboxylic acids is 2. The lowest BCUT2D eigenvalue weighted by Crippen LogP contribution is -2.32. The van der Waals surface area contributed by atoms with E-state index in [-0.39, 0.29) is 6.61 Å². The molecule has 1 aromatic heterocycles. The Kier molecular flexibility index (Phi) is 7.63. The minimum Gasteiger partial charge on any atom is -0.487 e. The molecule has 0 fully saturated rings. The molecule has 1 N–H and O–H groups in total. The number of nitrogens with zero attached hydrogens (tertiary/aromatic N) is 3. The smallest absolute Gasteiger partial charge is 0.336 e. The first-order valence-electron chi connectivity index (χ1n) is 12.8. The number of hydrogen-bond donors (Lipinski definition) is 1. The zero-order valence-electron chi connectivity index (χ0n) is 22.8. The average molecular weight is 539 g/mol. The molecule has 0 radical (unpaired) electrons. The second-order valence-corrected chi connectivity index (χ2v) is 9.47. The van der Waals surface area contributed by atoms with Crippen LogP contribution in [0.2, 0.25) is 0 Å². The maximum atomic E-state index is 13.2. The summed E-state index contributed by atoms with van der Waals surface area (Å²) in [5, 5.41) is 13.3. The Morgan fingerprint density at radius 2 is 1.52 bits per heavy atom. The molecule has 40 heavy (non-hydrogen) atoms. The molecule has 4 aromatic rings. The van der Waals surface area contributed by atoms with Gasteiger partial charge >= 0.3 is 11.9 Å². The monoisotopic (exact) mass is 538 g/mol. The van der Waals surface area contributed by atoms with E-state index in [1.165, 1.54) is 14.2 Å². The lowest BCUT2D eigenvalue weighted by molar-refractivity contribution is -0.137. The third kappa shape index (κ3) is 5.05. The van der Waals surface area contributed by atoms with Crippen LogP contribution in [0.15, 0.2) is 95.5 Å². The van der Waals surface area contributed by atoms with E-state index in [1.807, 2.05) is 66.7 Å². The maximum absolute atomic E-state index is 13.2. The molecule has 1 aliphatic rings. The van der Waals surface area contributed by atoms with Crippen molar-refractivity contribution in [2.75, 3.05) is 14.2 Å². The van der Waals surface area contributed by atoms with E-state index in [9.17, 15) is 9.59 Å². The van der Waals surface area contributed by atoms with Crippen LogP contribution in [0.3, 0.4) is 0 Å². The fourth-order valence-electron chi connectivity index (χ4n) is 5.17. The fourth-order valence-corrected chi connectivity index (χ4v) is 5.17. The molecule has 9 heteroatoms. The van der Waals surface area contributed by atoms with Gasteiger partial charge in [-0.1, -0.05) is 65.9 Å². The largest absolute Gasteiger partial charge is 0.487 e. The lowest BCUT2D eigenvalue weighted by Gasteiger charge is -2.31. The summed E-state index contributed by atoms with van der Waals surface area (Å²) in [5.74, 6) is -1.38. The first-order chi connectivity index (χ1) is 19.4. The van der Waals surface area contributed by atoms with Gasteiger partial charge < -0.3 is 19.5 Å². The highest BCUT2D eigenvalue weighted by Crippen LogP contribution is 2.46. The molecule has 0 spiro atoms. The highest BCUT2D eigenvalue weighted by Gasteiger charge is 2.40. The number of carbonyl (C=O) groups is 2. The summed E-state index contributed by atoms with van der Waals surface area (Å²) in [4.78, 5) is 26.4. The van der Waals surface area contributed by atoms with Crippen LogP contribution in [0.25, 0.3) is 10.8 Å². The predicted molar refractivity (Wildman–Crippen MR) is 149 cm³/mol. The quantitative estimate of drug-likeness (QED) is 0.324. The first kappa shape index (κ1) is 26.7. The Morgan fingerprint density at radius 1 is 0.875 bits per heavy atom. The molecule has 204 valence electrons. The summed E-state index contributed by atoms with van der Waals surface area (Å²) in [6, 6.07) is 21.6. The third-order valence-electron chi connectivity index (χ3n) is 7.04. The molecule has 0 saturated carbocycles. The van der Waals surface area contributed by atoms with Gasteiger partial charge in [0.05, 0.1) is 49.7 Å². The lowest BCUT2D eigenvalue weighted by atomic mass is 9.78. The third-order valence-corrected chi connectivity index (χ3v) is 7.04. The highest BCUT2D eigenvalue weighted by molar-refractivity contribution is 6.02. The molecular weight excluding hydrogens is 508 g/mol. The van der Waals surface area contributed by atoms with E-state index in [4.69, 9.17) is 14.2 Å². The van der Waals surface area contributed by atoms with Gasteiger partial charge in [0, 0.05) is 17.0 Å². The minimum atomic E-state index is -0.797. The number of ether oxygens (including phenoxy) is 3. The molecule has 1 aliphatic heterocycles. The number of hydrogen-bond acceptors (Lipinski definition) is 8. The van der Waals surface area contributed by atoms with Gasteiger partial charge in [0.1, 0.15) is 12.4 Å². The van der Waals surface area contributed by atoms with E-state index in [2.05, 4.69) is 15.6 Å². The van der Waals surface area contributed by atoms with Crippen LogP contribution in [0.1, 0.15) is 36.6 Å². The number of aromatic nitrogens is 3. The van der Waals surface area contributed by atoms with Crippen LogP contribution in [-0.4, -0.2) is 41.2 Å². The van der Waals surface area contributed by atoms with Crippen LogP contribution < -0.4 is 10.1 Å². The molecule has 5 rings (SSSR count). The topological polar surface area (TPSA) is 105 Å². The number of esters is 2. The van der Waals surface area contributed by atoms with E-state index >= 15 is 0 Å². The van der Waals surface area contributed by atoms with Gasteiger partial charge in [0.25, 0.3) is 0 Å². The normalized spacial score (nSPS) is 13.8. The molecule has 0 aliphatic carbocycles. The van der Waals surface area contributed by atoms with E-state index in [0.29, 0.717) is 40.4 Å². The molecule has 3 aromatic carbocycles. The number of nitrogens with one attached hydrogen (secondary N) is 1. The van der Waals surface area contributed by atoms with Gasteiger partial charge in [-0.15, -0.1) is 5.10 Å². The summed E-state index contributed by atoms with van der Waals surface area (Å²) in [7, 11) is 2.65. The number of benzene rings is 3. The van der Waals surface area contributed by atoms with Crippen molar-refractivity contribution < 1.29 is 23.8 Å². The summed E-state index contributed by atoms with van der Waals surface area (Å²) in [6.45, 7) is 4.29. The maximum Gasteiger partial charge on any atom is 0.336 e. The summed E-state index contributed by atoms with van der Waals surface area (Å²) < 4.78 is 18.6. The summed E-state index contributed by atoms with van der Waals surface area (Å²) >= 11 is 0. The number of fused-ring (bicyclic) bond motifs is 1. The molecule has 0 saturated heterocycles. The van der Waals surface area contributed by atoms with Crippen LogP contribution in [0, 0.1) is 0 Å².